The summed E-state index contributed by atoms with van der Waals surface area (Å²) in [5.41, 5.74) is 0.880. The highest BCUT2D eigenvalue weighted by molar-refractivity contribution is 8.00. The molecule has 0 saturated carbocycles. The van der Waals surface area contributed by atoms with E-state index in [1.807, 2.05) is 6.07 Å². The average Bonchev–Trinajstić information content (AvgIpc) is 2.92. The van der Waals surface area contributed by atoms with Gasteiger partial charge in [0, 0.05) is 13.1 Å². The Morgan fingerprint density at radius 3 is 2.70 bits per heavy atom. The van der Waals surface area contributed by atoms with Crippen LogP contribution in [0.3, 0.4) is 0 Å². The minimum atomic E-state index is -0.206. The molecule has 23 heavy (non-hydrogen) atoms. The van der Waals surface area contributed by atoms with Gasteiger partial charge < -0.3 is 14.5 Å². The molecule has 5 nitrogen and oxygen atoms in total. The molecule has 1 aromatic rings. The molecule has 0 bridgehead atoms. The molecule has 2 aliphatic heterocycles. The van der Waals surface area contributed by atoms with Crippen molar-refractivity contribution in [3.05, 3.63) is 33.8 Å². The van der Waals surface area contributed by atoms with Crippen LogP contribution in [0, 0.1) is 0 Å². The van der Waals surface area contributed by atoms with Gasteiger partial charge in [0.05, 0.1) is 29.0 Å². The summed E-state index contributed by atoms with van der Waals surface area (Å²) in [6, 6.07) is 5.31. The second-order valence-electron chi connectivity index (χ2n) is 5.35. The fraction of sp³-hybridized carbons (Fsp3) is 0.467. The summed E-state index contributed by atoms with van der Waals surface area (Å²) in [6.07, 6.45) is 0. The summed E-state index contributed by atoms with van der Waals surface area (Å²) in [6.45, 7) is 2.32. The number of carbonyl (C=O) groups excluding carboxylic acids is 2. The Morgan fingerprint density at radius 1 is 1.26 bits per heavy atom. The van der Waals surface area contributed by atoms with Crippen molar-refractivity contribution in [2.75, 3.05) is 38.6 Å². The molecule has 2 heterocycles. The number of morpholine rings is 1. The van der Waals surface area contributed by atoms with E-state index in [4.69, 9.17) is 27.9 Å². The lowest BCUT2D eigenvalue weighted by molar-refractivity contribution is -0.141. The van der Waals surface area contributed by atoms with Crippen molar-refractivity contribution in [3.63, 3.8) is 0 Å². The van der Waals surface area contributed by atoms with Crippen molar-refractivity contribution < 1.29 is 14.3 Å². The molecule has 2 saturated heterocycles. The van der Waals surface area contributed by atoms with Crippen LogP contribution in [-0.4, -0.2) is 60.2 Å². The van der Waals surface area contributed by atoms with Gasteiger partial charge in [-0.15, -0.1) is 11.8 Å². The zero-order chi connectivity index (χ0) is 16.4. The maximum atomic E-state index is 12.4. The number of hydrogen-bond donors (Lipinski definition) is 0. The lowest BCUT2D eigenvalue weighted by atomic mass is 10.2. The molecular formula is C15H16Cl2N2O3S. The van der Waals surface area contributed by atoms with Crippen LogP contribution in [0.2, 0.25) is 10.0 Å². The van der Waals surface area contributed by atoms with Crippen molar-refractivity contribution >= 4 is 46.8 Å². The highest BCUT2D eigenvalue weighted by atomic mass is 35.5. The van der Waals surface area contributed by atoms with E-state index in [1.165, 1.54) is 11.8 Å². The van der Waals surface area contributed by atoms with Crippen molar-refractivity contribution in [2.45, 2.75) is 5.37 Å². The first-order valence-corrected chi connectivity index (χ1v) is 9.08. The van der Waals surface area contributed by atoms with Gasteiger partial charge in [0.15, 0.2) is 0 Å². The van der Waals surface area contributed by atoms with Gasteiger partial charge in [-0.1, -0.05) is 29.3 Å². The van der Waals surface area contributed by atoms with E-state index in [0.29, 0.717) is 42.1 Å². The SMILES string of the molecule is O=C(CN1C(=O)CSC1c1ccc(Cl)c(Cl)c1)N1CCOCC1. The van der Waals surface area contributed by atoms with Crippen molar-refractivity contribution in [2.24, 2.45) is 0 Å². The predicted molar refractivity (Wildman–Crippen MR) is 90.8 cm³/mol. The summed E-state index contributed by atoms with van der Waals surface area (Å²) < 4.78 is 5.25. The molecule has 1 aromatic carbocycles. The Labute approximate surface area is 148 Å². The molecule has 1 atom stereocenters. The zero-order valence-corrected chi connectivity index (χ0v) is 14.7. The van der Waals surface area contributed by atoms with Crippen LogP contribution in [0.4, 0.5) is 0 Å². The second-order valence-corrected chi connectivity index (χ2v) is 7.23. The minimum absolute atomic E-state index is 0.0346. The van der Waals surface area contributed by atoms with Gasteiger partial charge in [0.25, 0.3) is 0 Å². The first-order chi connectivity index (χ1) is 11.1. The van der Waals surface area contributed by atoms with Gasteiger partial charge in [0.2, 0.25) is 11.8 Å². The molecule has 0 N–H and O–H groups in total. The van der Waals surface area contributed by atoms with Gasteiger partial charge in [-0.05, 0) is 17.7 Å². The highest BCUT2D eigenvalue weighted by Crippen LogP contribution is 2.40. The normalized spacial score (nSPS) is 21.8. The third kappa shape index (κ3) is 3.76. The second kappa shape index (κ2) is 7.30. The number of amides is 2. The molecule has 124 valence electrons. The van der Waals surface area contributed by atoms with Crippen LogP contribution in [0.1, 0.15) is 10.9 Å². The topological polar surface area (TPSA) is 49.9 Å². The summed E-state index contributed by atoms with van der Waals surface area (Å²) in [4.78, 5) is 28.0. The minimum Gasteiger partial charge on any atom is -0.378 e. The number of carbonyl (C=O) groups is 2. The molecule has 1 unspecified atom stereocenters. The van der Waals surface area contributed by atoms with Gasteiger partial charge in [-0.2, -0.15) is 0 Å². The Kier molecular flexibility index (Phi) is 5.36. The number of thioether (sulfide) groups is 1. The molecule has 2 fully saturated rings. The monoisotopic (exact) mass is 374 g/mol. The van der Waals surface area contributed by atoms with Gasteiger partial charge >= 0.3 is 0 Å². The molecular weight excluding hydrogens is 359 g/mol. The zero-order valence-electron chi connectivity index (χ0n) is 12.3. The van der Waals surface area contributed by atoms with Crippen LogP contribution in [0.25, 0.3) is 0 Å². The van der Waals surface area contributed by atoms with Crippen LogP contribution in [-0.2, 0) is 14.3 Å². The average molecular weight is 375 g/mol. The molecule has 8 heteroatoms. The van der Waals surface area contributed by atoms with Gasteiger partial charge in [0.1, 0.15) is 11.9 Å². The van der Waals surface area contributed by atoms with Crippen molar-refractivity contribution in [3.8, 4) is 0 Å². The lowest BCUT2D eigenvalue weighted by Crippen LogP contribution is -2.46. The van der Waals surface area contributed by atoms with E-state index >= 15 is 0 Å². The van der Waals surface area contributed by atoms with E-state index in [-0.39, 0.29) is 23.7 Å². The summed E-state index contributed by atoms with van der Waals surface area (Å²) >= 11 is 13.5. The maximum absolute atomic E-state index is 12.4. The number of ether oxygens (including phenoxy) is 1. The first kappa shape index (κ1) is 16.9. The summed E-state index contributed by atoms with van der Waals surface area (Å²) in [5, 5.41) is 0.714. The van der Waals surface area contributed by atoms with Crippen LogP contribution < -0.4 is 0 Å². The smallest absolute Gasteiger partial charge is 0.242 e. The molecule has 0 aromatic heterocycles. The van der Waals surface area contributed by atoms with E-state index in [2.05, 4.69) is 0 Å². The van der Waals surface area contributed by atoms with Crippen LogP contribution in [0.15, 0.2) is 18.2 Å². The van der Waals surface area contributed by atoms with Crippen LogP contribution >= 0.6 is 35.0 Å². The Hall–Kier alpha value is -0.950. The molecule has 2 amide bonds. The van der Waals surface area contributed by atoms with Gasteiger partial charge in [-0.25, -0.2) is 0 Å². The third-order valence-corrected chi connectivity index (χ3v) is 5.86. The van der Waals surface area contributed by atoms with E-state index in [1.54, 1.807) is 21.9 Å². The fourth-order valence-corrected chi connectivity index (χ4v) is 4.11. The standard InChI is InChI=1S/C15H16Cl2N2O3S/c16-11-2-1-10(7-12(11)17)15-19(14(21)9-23-15)8-13(20)18-3-5-22-6-4-18/h1-2,7,15H,3-6,8-9H2. The molecule has 0 radical (unpaired) electrons. The number of benzene rings is 1. The van der Waals surface area contributed by atoms with E-state index in [9.17, 15) is 9.59 Å². The largest absolute Gasteiger partial charge is 0.378 e. The highest BCUT2D eigenvalue weighted by Gasteiger charge is 2.35. The number of halogens is 2. The first-order valence-electron chi connectivity index (χ1n) is 7.28. The Bertz CT molecular complexity index is 623. The van der Waals surface area contributed by atoms with E-state index in [0.717, 1.165) is 5.56 Å². The molecule has 0 spiro atoms. The van der Waals surface area contributed by atoms with E-state index < -0.39 is 0 Å². The van der Waals surface area contributed by atoms with Gasteiger partial charge in [-0.3, -0.25) is 9.59 Å². The quantitative estimate of drug-likeness (QED) is 0.814. The van der Waals surface area contributed by atoms with Crippen molar-refractivity contribution in [1.82, 2.24) is 9.80 Å². The fourth-order valence-electron chi connectivity index (χ4n) is 2.63. The molecule has 0 aliphatic carbocycles. The number of hydrogen-bond acceptors (Lipinski definition) is 4. The predicted octanol–water partition coefficient (Wildman–Crippen LogP) is 2.43. The summed E-state index contributed by atoms with van der Waals surface area (Å²) in [7, 11) is 0. The van der Waals surface area contributed by atoms with Crippen molar-refractivity contribution in [1.29, 1.82) is 0 Å². The molecule has 3 rings (SSSR count). The Morgan fingerprint density at radius 2 is 2.00 bits per heavy atom. The lowest BCUT2D eigenvalue weighted by Gasteiger charge is -2.30. The maximum Gasteiger partial charge on any atom is 0.242 e. The summed E-state index contributed by atoms with van der Waals surface area (Å²) in [5.74, 6) is 0.281. The molecule has 2 aliphatic rings. The third-order valence-electron chi connectivity index (χ3n) is 3.87. The number of rotatable bonds is 3. The Balaban J connectivity index is 1.74. The van der Waals surface area contributed by atoms with Crippen LogP contribution in [0.5, 0.6) is 0 Å². The number of nitrogens with zero attached hydrogens (tertiary/aromatic N) is 2.